The van der Waals surface area contributed by atoms with Gasteiger partial charge in [-0.25, -0.2) is 0 Å². The second-order valence-electron chi connectivity index (χ2n) is 4.51. The Morgan fingerprint density at radius 2 is 1.91 bits per heavy atom. The monoisotopic (exact) mass is 316 g/mol. The molecule has 3 aromatic rings. The molecule has 0 spiro atoms. The summed E-state index contributed by atoms with van der Waals surface area (Å²) in [5.41, 5.74) is 0.901. The highest BCUT2D eigenvalue weighted by atomic mass is 32.2. The van der Waals surface area contributed by atoms with Crippen molar-refractivity contribution in [2.24, 2.45) is 0 Å². The number of thioether (sulfide) groups is 1. The van der Waals surface area contributed by atoms with Crippen LogP contribution in [0.25, 0.3) is 11.3 Å². The van der Waals surface area contributed by atoms with Crippen LogP contribution in [0.15, 0.2) is 46.6 Å². The van der Waals surface area contributed by atoms with Crippen LogP contribution in [-0.2, 0) is 0 Å². The van der Waals surface area contributed by atoms with Gasteiger partial charge >= 0.3 is 5.56 Å². The van der Waals surface area contributed by atoms with E-state index in [1.807, 2.05) is 44.3 Å². The Balaban J connectivity index is 2.04. The molecule has 0 amide bonds. The molecule has 7 heteroatoms. The Hall–Kier alpha value is -2.28. The zero-order valence-electron chi connectivity index (χ0n) is 12.4. The summed E-state index contributed by atoms with van der Waals surface area (Å²) in [7, 11) is 0. The molecule has 0 saturated carbocycles. The largest absolute Gasteiger partial charge is 0.494 e. The van der Waals surface area contributed by atoms with Crippen LogP contribution in [-0.4, -0.2) is 31.5 Å². The predicted octanol–water partition coefficient (Wildman–Crippen LogP) is 2.39. The van der Waals surface area contributed by atoms with Gasteiger partial charge in [0.15, 0.2) is 5.16 Å². The number of aromatic nitrogens is 4. The molecule has 22 heavy (non-hydrogen) atoms. The summed E-state index contributed by atoms with van der Waals surface area (Å²) in [6, 6.07) is 7.39. The molecule has 0 bridgehead atoms. The maximum absolute atomic E-state index is 12.6. The maximum Gasteiger partial charge on any atom is 0.300 e. The van der Waals surface area contributed by atoms with Gasteiger partial charge in [0.05, 0.1) is 6.61 Å². The van der Waals surface area contributed by atoms with E-state index in [9.17, 15) is 4.79 Å². The summed E-state index contributed by atoms with van der Waals surface area (Å²) in [5, 5.41) is 8.80. The number of nitrogens with zero attached hydrogens (tertiary/aromatic N) is 4. The van der Waals surface area contributed by atoms with Crippen molar-refractivity contribution < 1.29 is 4.74 Å². The average Bonchev–Trinajstić information content (AvgIpc) is 2.94. The van der Waals surface area contributed by atoms with Crippen molar-refractivity contribution in [3.63, 3.8) is 0 Å². The molecule has 0 aliphatic rings. The molecule has 2 aromatic heterocycles. The van der Waals surface area contributed by atoms with E-state index in [0.717, 1.165) is 22.3 Å². The van der Waals surface area contributed by atoms with Crippen LogP contribution >= 0.6 is 11.8 Å². The van der Waals surface area contributed by atoms with E-state index in [4.69, 9.17) is 4.74 Å². The highest BCUT2D eigenvalue weighted by molar-refractivity contribution is 7.99. The first-order chi connectivity index (χ1) is 10.7. The Kier molecular flexibility index (Phi) is 4.15. The van der Waals surface area contributed by atoms with E-state index in [-0.39, 0.29) is 5.56 Å². The van der Waals surface area contributed by atoms with Gasteiger partial charge in [0.25, 0.3) is 0 Å². The molecule has 0 aliphatic carbocycles. The quantitative estimate of drug-likeness (QED) is 0.676. The zero-order chi connectivity index (χ0) is 15.5. The van der Waals surface area contributed by atoms with E-state index in [1.165, 1.54) is 0 Å². The first-order valence-corrected chi connectivity index (χ1v) is 8.05. The summed E-state index contributed by atoms with van der Waals surface area (Å²) in [4.78, 5) is 12.6. The molecule has 0 atom stereocenters. The molecule has 6 nitrogen and oxygen atoms in total. The smallest absolute Gasteiger partial charge is 0.300 e. The van der Waals surface area contributed by atoms with E-state index in [1.54, 1.807) is 26.9 Å². The summed E-state index contributed by atoms with van der Waals surface area (Å²) >= 11 is 1.55. The van der Waals surface area contributed by atoms with Gasteiger partial charge in [-0.1, -0.05) is 18.7 Å². The summed E-state index contributed by atoms with van der Waals surface area (Å²) in [6.07, 6.45) is 3.54. The third-order valence-electron chi connectivity index (χ3n) is 3.14. The maximum atomic E-state index is 12.6. The molecule has 0 saturated heterocycles. The van der Waals surface area contributed by atoms with Gasteiger partial charge < -0.3 is 4.74 Å². The fourth-order valence-corrected chi connectivity index (χ4v) is 2.81. The Morgan fingerprint density at radius 3 is 2.59 bits per heavy atom. The van der Waals surface area contributed by atoms with Gasteiger partial charge in [-0.05, 0) is 36.9 Å². The van der Waals surface area contributed by atoms with Gasteiger partial charge in [-0.2, -0.15) is 0 Å². The first-order valence-electron chi connectivity index (χ1n) is 7.07. The average molecular weight is 316 g/mol. The van der Waals surface area contributed by atoms with E-state index in [0.29, 0.717) is 12.3 Å². The number of rotatable bonds is 5. The first kappa shape index (κ1) is 14.6. The molecule has 114 valence electrons. The Labute approximate surface area is 131 Å². The van der Waals surface area contributed by atoms with Crippen LogP contribution in [0.4, 0.5) is 0 Å². The number of hydrogen-bond acceptors (Lipinski definition) is 5. The Bertz CT molecular complexity index is 839. The van der Waals surface area contributed by atoms with Crippen LogP contribution in [0.5, 0.6) is 5.75 Å². The fourth-order valence-electron chi connectivity index (χ4n) is 2.17. The minimum atomic E-state index is -0.192. The summed E-state index contributed by atoms with van der Waals surface area (Å²) in [5.74, 6) is 1.66. The van der Waals surface area contributed by atoms with Crippen molar-refractivity contribution in [3.8, 4) is 11.4 Å². The van der Waals surface area contributed by atoms with Crippen LogP contribution in [0.1, 0.15) is 13.8 Å². The van der Waals surface area contributed by atoms with Crippen LogP contribution < -0.4 is 10.3 Å². The normalized spacial score (nSPS) is 11.0. The van der Waals surface area contributed by atoms with Crippen molar-refractivity contribution in [2.75, 3.05) is 12.4 Å². The van der Waals surface area contributed by atoms with Crippen LogP contribution in [0, 0.1) is 0 Å². The van der Waals surface area contributed by atoms with Crippen LogP contribution in [0.2, 0.25) is 0 Å². The molecule has 0 fully saturated rings. The number of benzene rings is 1. The van der Waals surface area contributed by atoms with Gasteiger partial charge in [0.2, 0.25) is 5.65 Å². The molecule has 0 unspecified atom stereocenters. The van der Waals surface area contributed by atoms with Crippen molar-refractivity contribution >= 4 is 17.4 Å². The van der Waals surface area contributed by atoms with Gasteiger partial charge in [0.1, 0.15) is 5.75 Å². The second-order valence-corrected chi connectivity index (χ2v) is 5.74. The van der Waals surface area contributed by atoms with Crippen molar-refractivity contribution in [2.45, 2.75) is 19.0 Å². The standard InChI is InChI=1S/C15H16N4O2S/c1-3-21-12-7-5-11(6-8-12)18-9-10-19-13(14(18)20)16-17-15(19)22-4-2/h5-10H,3-4H2,1-2H3. The third-order valence-corrected chi connectivity index (χ3v) is 3.96. The lowest BCUT2D eigenvalue weighted by Gasteiger charge is -2.08. The molecule has 0 N–H and O–H groups in total. The third kappa shape index (κ3) is 2.59. The predicted molar refractivity (Wildman–Crippen MR) is 86.2 cm³/mol. The van der Waals surface area contributed by atoms with E-state index in [2.05, 4.69) is 10.2 Å². The van der Waals surface area contributed by atoms with Gasteiger partial charge in [-0.3, -0.25) is 13.8 Å². The minimum absolute atomic E-state index is 0.192. The van der Waals surface area contributed by atoms with Crippen LogP contribution in [0.3, 0.4) is 0 Å². The van der Waals surface area contributed by atoms with Crippen molar-refractivity contribution in [1.29, 1.82) is 0 Å². The highest BCUT2D eigenvalue weighted by Crippen LogP contribution is 2.17. The topological polar surface area (TPSA) is 61.4 Å². The molecule has 0 aliphatic heterocycles. The molecule has 1 aromatic carbocycles. The summed E-state index contributed by atoms with van der Waals surface area (Å²) in [6.45, 7) is 4.58. The lowest BCUT2D eigenvalue weighted by atomic mass is 10.3. The van der Waals surface area contributed by atoms with Crippen molar-refractivity contribution in [3.05, 3.63) is 47.0 Å². The Morgan fingerprint density at radius 1 is 1.14 bits per heavy atom. The fraction of sp³-hybridized carbons (Fsp3) is 0.267. The van der Waals surface area contributed by atoms with Crippen molar-refractivity contribution in [1.82, 2.24) is 19.2 Å². The van der Waals surface area contributed by atoms with E-state index < -0.39 is 0 Å². The molecule has 2 heterocycles. The lowest BCUT2D eigenvalue weighted by molar-refractivity contribution is 0.340. The lowest BCUT2D eigenvalue weighted by Crippen LogP contribution is -2.20. The minimum Gasteiger partial charge on any atom is -0.494 e. The van der Waals surface area contributed by atoms with Gasteiger partial charge in [0, 0.05) is 18.1 Å². The van der Waals surface area contributed by atoms with Gasteiger partial charge in [-0.15, -0.1) is 10.2 Å². The molecular formula is C15H16N4O2S. The molecule has 3 rings (SSSR count). The zero-order valence-corrected chi connectivity index (χ0v) is 13.2. The number of hydrogen-bond donors (Lipinski definition) is 0. The number of ether oxygens (including phenoxy) is 1. The SMILES string of the molecule is CCOc1ccc(-n2ccn3c(SCC)nnc3c2=O)cc1. The number of fused-ring (bicyclic) bond motifs is 1. The highest BCUT2D eigenvalue weighted by Gasteiger charge is 2.11. The molecular weight excluding hydrogens is 300 g/mol. The van der Waals surface area contributed by atoms with E-state index >= 15 is 0 Å². The molecule has 0 radical (unpaired) electrons. The second kappa shape index (κ2) is 6.23. The summed E-state index contributed by atoms with van der Waals surface area (Å²) < 4.78 is 8.69.